The highest BCUT2D eigenvalue weighted by atomic mass is 15.5. The first-order valence-corrected chi connectivity index (χ1v) is 11.4. The first kappa shape index (κ1) is 18.7. The molecule has 7 rings (SSSR count). The number of para-hydroxylation sites is 2. The molecule has 4 aliphatic rings. The van der Waals surface area contributed by atoms with Crippen molar-refractivity contribution in [1.29, 1.82) is 0 Å². The highest BCUT2D eigenvalue weighted by Crippen LogP contribution is 2.64. The lowest BCUT2D eigenvalue weighted by atomic mass is 9.62. The van der Waals surface area contributed by atoms with Crippen molar-refractivity contribution in [1.82, 2.24) is 14.9 Å². The van der Waals surface area contributed by atoms with Crippen LogP contribution in [-0.4, -0.2) is 41.3 Å². The molecule has 0 bridgehead atoms. The number of rotatable bonds is 0. The van der Waals surface area contributed by atoms with Crippen molar-refractivity contribution in [2.75, 3.05) is 28.8 Å². The summed E-state index contributed by atoms with van der Waals surface area (Å²) in [5, 5.41) is 0. The van der Waals surface area contributed by atoms with Crippen molar-refractivity contribution < 1.29 is 0 Å². The lowest BCUT2D eigenvalue weighted by Crippen LogP contribution is -2.65. The van der Waals surface area contributed by atoms with E-state index < -0.39 is 0 Å². The molecule has 0 radical (unpaired) electrons. The van der Waals surface area contributed by atoms with Gasteiger partial charge in [-0.3, -0.25) is 0 Å². The number of fused-ring (bicyclic) bond motifs is 12. The third kappa shape index (κ3) is 2.09. The zero-order valence-corrected chi connectivity index (χ0v) is 19.1. The molecule has 33 heavy (non-hydrogen) atoms. The van der Waals surface area contributed by atoms with Gasteiger partial charge in [-0.05, 0) is 23.3 Å². The molecule has 3 aromatic rings. The van der Waals surface area contributed by atoms with E-state index >= 15 is 0 Å². The molecular weight excluding hydrogens is 408 g/mol. The fourth-order valence-electron chi connectivity index (χ4n) is 6.98. The van der Waals surface area contributed by atoms with E-state index in [1.807, 2.05) is 0 Å². The van der Waals surface area contributed by atoms with Gasteiger partial charge in [-0.1, -0.05) is 49.9 Å². The number of benzene rings is 2. The standard InChI is InChI=1S/C27H26N6/c1-17-18-9-5-8-12-21(18)33-24-23(28-13-14-29-24)31(4)26(33)27(2)22(17)19-10-6-7-11-20(19)32-16-15-30(3)25(27)32/h5-16,22,25-26H,1H2,2-4H3. The van der Waals surface area contributed by atoms with Crippen LogP contribution in [0, 0.1) is 5.41 Å². The lowest BCUT2D eigenvalue weighted by molar-refractivity contribution is 0.0981. The van der Waals surface area contributed by atoms with Gasteiger partial charge in [-0.25, -0.2) is 9.97 Å². The predicted molar refractivity (Wildman–Crippen MR) is 132 cm³/mol. The van der Waals surface area contributed by atoms with Gasteiger partial charge in [-0.15, -0.1) is 0 Å². The Morgan fingerprint density at radius 1 is 0.848 bits per heavy atom. The molecule has 4 aliphatic heterocycles. The summed E-state index contributed by atoms with van der Waals surface area (Å²) in [6.45, 7) is 7.18. The fraction of sp³-hybridized carbons (Fsp3) is 0.259. The smallest absolute Gasteiger partial charge is 0.178 e. The summed E-state index contributed by atoms with van der Waals surface area (Å²) < 4.78 is 0. The Hall–Kier alpha value is -3.80. The topological polar surface area (TPSA) is 38.7 Å². The van der Waals surface area contributed by atoms with Crippen LogP contribution in [0.2, 0.25) is 0 Å². The van der Waals surface area contributed by atoms with Gasteiger partial charge in [-0.2, -0.15) is 0 Å². The molecule has 0 saturated carbocycles. The molecule has 0 fully saturated rings. The van der Waals surface area contributed by atoms with Crippen molar-refractivity contribution in [3.05, 3.63) is 91.0 Å². The van der Waals surface area contributed by atoms with Crippen molar-refractivity contribution >= 4 is 28.6 Å². The van der Waals surface area contributed by atoms with Gasteiger partial charge in [0.2, 0.25) is 0 Å². The number of aromatic nitrogens is 2. The summed E-state index contributed by atoms with van der Waals surface area (Å²) in [6.07, 6.45) is 8.12. The highest BCUT2D eigenvalue weighted by Gasteiger charge is 2.63. The quantitative estimate of drug-likeness (QED) is 0.508. The molecule has 0 N–H and O–H groups in total. The van der Waals surface area contributed by atoms with Crippen LogP contribution in [0.1, 0.15) is 24.0 Å². The van der Waals surface area contributed by atoms with E-state index in [4.69, 9.17) is 16.5 Å². The second-order valence-electron chi connectivity index (χ2n) is 9.70. The van der Waals surface area contributed by atoms with Gasteiger partial charge in [0.15, 0.2) is 11.6 Å². The Morgan fingerprint density at radius 2 is 1.55 bits per heavy atom. The largest absolute Gasteiger partial charge is 0.358 e. The van der Waals surface area contributed by atoms with E-state index in [0.717, 1.165) is 22.9 Å². The van der Waals surface area contributed by atoms with Crippen LogP contribution in [0.3, 0.4) is 0 Å². The van der Waals surface area contributed by atoms with Gasteiger partial charge in [0, 0.05) is 56.1 Å². The molecular formula is C27H26N6. The van der Waals surface area contributed by atoms with Gasteiger partial charge < -0.3 is 19.6 Å². The molecule has 5 heterocycles. The van der Waals surface area contributed by atoms with E-state index in [1.54, 1.807) is 12.4 Å². The highest BCUT2D eigenvalue weighted by molar-refractivity contribution is 5.91. The Bertz CT molecular complexity index is 1350. The number of hydrogen-bond donors (Lipinski definition) is 0. The van der Waals surface area contributed by atoms with Gasteiger partial charge >= 0.3 is 0 Å². The van der Waals surface area contributed by atoms with E-state index in [2.05, 4.69) is 102 Å². The average molecular weight is 435 g/mol. The molecule has 4 atom stereocenters. The summed E-state index contributed by atoms with van der Waals surface area (Å²) in [7, 11) is 4.34. The monoisotopic (exact) mass is 434 g/mol. The molecule has 6 heteroatoms. The van der Waals surface area contributed by atoms with E-state index in [-0.39, 0.29) is 23.7 Å². The maximum Gasteiger partial charge on any atom is 0.178 e. The third-order valence-corrected chi connectivity index (χ3v) is 8.06. The molecule has 0 aliphatic carbocycles. The van der Waals surface area contributed by atoms with Gasteiger partial charge in [0.1, 0.15) is 12.3 Å². The zero-order chi connectivity index (χ0) is 22.5. The van der Waals surface area contributed by atoms with Crippen molar-refractivity contribution in [2.45, 2.75) is 25.2 Å². The molecule has 2 aromatic carbocycles. The molecule has 164 valence electrons. The Morgan fingerprint density at radius 3 is 2.36 bits per heavy atom. The summed E-state index contributed by atoms with van der Waals surface area (Å²) in [6, 6.07) is 17.4. The molecule has 4 unspecified atom stereocenters. The number of allylic oxidation sites excluding steroid dienone is 1. The maximum absolute atomic E-state index is 4.83. The van der Waals surface area contributed by atoms with E-state index in [0.29, 0.717) is 0 Å². The van der Waals surface area contributed by atoms with Crippen LogP contribution in [0.25, 0.3) is 5.57 Å². The van der Waals surface area contributed by atoms with Crippen LogP contribution in [0.5, 0.6) is 0 Å². The Kier molecular flexibility index (Phi) is 3.50. The molecule has 1 aromatic heterocycles. The first-order chi connectivity index (χ1) is 16.0. The van der Waals surface area contributed by atoms with Crippen molar-refractivity contribution in [3.8, 4) is 0 Å². The van der Waals surface area contributed by atoms with Crippen LogP contribution in [-0.2, 0) is 0 Å². The second kappa shape index (κ2) is 6.16. The maximum atomic E-state index is 4.83. The second-order valence-corrected chi connectivity index (χ2v) is 9.70. The van der Waals surface area contributed by atoms with Crippen LogP contribution in [0.15, 0.2) is 79.9 Å². The third-order valence-electron chi connectivity index (χ3n) is 8.06. The van der Waals surface area contributed by atoms with Crippen molar-refractivity contribution in [2.24, 2.45) is 5.41 Å². The van der Waals surface area contributed by atoms with Crippen LogP contribution >= 0.6 is 0 Å². The Balaban J connectivity index is 1.60. The number of nitrogens with zero attached hydrogens (tertiary/aromatic N) is 6. The zero-order valence-electron chi connectivity index (χ0n) is 19.1. The number of anilines is 4. The molecule has 0 spiro atoms. The molecule has 6 nitrogen and oxygen atoms in total. The van der Waals surface area contributed by atoms with Crippen molar-refractivity contribution in [3.63, 3.8) is 0 Å². The summed E-state index contributed by atoms with van der Waals surface area (Å²) in [5.74, 6) is 1.94. The normalized spacial score (nSPS) is 28.6. The minimum Gasteiger partial charge on any atom is -0.358 e. The molecule has 0 amide bonds. The number of hydrogen-bond acceptors (Lipinski definition) is 6. The van der Waals surface area contributed by atoms with Crippen LogP contribution < -0.4 is 14.7 Å². The summed E-state index contributed by atoms with van der Waals surface area (Å²) >= 11 is 0. The summed E-state index contributed by atoms with van der Waals surface area (Å²) in [5.41, 5.74) is 5.80. The minimum absolute atomic E-state index is 0.00325. The van der Waals surface area contributed by atoms with Crippen LogP contribution in [0.4, 0.5) is 23.0 Å². The lowest BCUT2D eigenvalue weighted by Gasteiger charge is -2.57. The van der Waals surface area contributed by atoms with Gasteiger partial charge in [0.25, 0.3) is 0 Å². The van der Waals surface area contributed by atoms with Gasteiger partial charge in [0.05, 0.1) is 11.1 Å². The van der Waals surface area contributed by atoms with E-state index in [9.17, 15) is 0 Å². The SMILES string of the molecule is C=C1c2ccccc2N2c3nccnc3N(C)C2C2(C)C1c1ccccc1N1C=CN(C)C12. The average Bonchev–Trinajstić information content (AvgIpc) is 3.35. The first-order valence-electron chi connectivity index (χ1n) is 11.4. The minimum atomic E-state index is -0.264. The summed E-state index contributed by atoms with van der Waals surface area (Å²) in [4.78, 5) is 19.1. The fourth-order valence-corrected chi connectivity index (χ4v) is 6.98. The Labute approximate surface area is 194 Å². The molecule has 0 saturated heterocycles. The van der Waals surface area contributed by atoms with E-state index in [1.165, 1.54) is 16.8 Å². The predicted octanol–water partition coefficient (Wildman–Crippen LogP) is 4.77.